The molecule has 1 amide bonds. The van der Waals surface area contributed by atoms with Gasteiger partial charge in [0, 0.05) is 12.6 Å². The fourth-order valence-electron chi connectivity index (χ4n) is 2.18. The van der Waals surface area contributed by atoms with Gasteiger partial charge in [-0.05, 0) is 46.8 Å². The van der Waals surface area contributed by atoms with E-state index < -0.39 is 0 Å². The van der Waals surface area contributed by atoms with Crippen LogP contribution in [0.2, 0.25) is 0 Å². The average Bonchev–Trinajstić information content (AvgIpc) is 3.17. The third kappa shape index (κ3) is 3.75. The summed E-state index contributed by atoms with van der Waals surface area (Å²) in [6, 6.07) is 16.7. The van der Waals surface area contributed by atoms with Crippen LogP contribution in [0.3, 0.4) is 0 Å². The fourth-order valence-corrected chi connectivity index (χ4v) is 2.18. The van der Waals surface area contributed by atoms with Gasteiger partial charge in [-0.25, -0.2) is 4.68 Å². The number of aromatic nitrogens is 4. The molecule has 0 saturated heterocycles. The molecule has 0 bridgehead atoms. The molecule has 1 aromatic heterocycles. The van der Waals surface area contributed by atoms with Crippen LogP contribution in [-0.4, -0.2) is 51.2 Å². The second-order valence-electron chi connectivity index (χ2n) is 5.19. The summed E-state index contributed by atoms with van der Waals surface area (Å²) in [5.74, 6) is 0.735. The van der Waals surface area contributed by atoms with Gasteiger partial charge in [-0.15, -0.1) is 5.10 Å². The quantitative estimate of drug-likeness (QED) is 0.692. The molecule has 0 unspecified atom stereocenters. The molecule has 0 spiro atoms. The van der Waals surface area contributed by atoms with Crippen LogP contribution in [-0.2, 0) is 0 Å². The van der Waals surface area contributed by atoms with Crippen LogP contribution < -0.4 is 4.74 Å². The lowest BCUT2D eigenvalue weighted by Gasteiger charge is -2.17. The Morgan fingerprint density at radius 1 is 1.12 bits per heavy atom. The first-order valence-corrected chi connectivity index (χ1v) is 7.51. The van der Waals surface area contributed by atoms with Gasteiger partial charge in [0.2, 0.25) is 0 Å². The van der Waals surface area contributed by atoms with Crippen molar-refractivity contribution in [2.24, 2.45) is 0 Å². The van der Waals surface area contributed by atoms with Gasteiger partial charge in [0.15, 0.2) is 0 Å². The van der Waals surface area contributed by atoms with Crippen molar-refractivity contribution in [3.05, 3.63) is 66.5 Å². The average molecular weight is 323 g/mol. The molecule has 2 aromatic carbocycles. The molecular weight excluding hydrogens is 306 g/mol. The van der Waals surface area contributed by atoms with Crippen molar-refractivity contribution < 1.29 is 9.53 Å². The van der Waals surface area contributed by atoms with Gasteiger partial charge in [-0.1, -0.05) is 18.2 Å². The van der Waals surface area contributed by atoms with Crippen LogP contribution in [0.5, 0.6) is 5.75 Å². The highest BCUT2D eigenvalue weighted by atomic mass is 16.5. The van der Waals surface area contributed by atoms with Crippen molar-refractivity contribution in [1.29, 1.82) is 0 Å². The first-order chi connectivity index (χ1) is 11.7. The summed E-state index contributed by atoms with van der Waals surface area (Å²) in [7, 11) is 1.76. The highest BCUT2D eigenvalue weighted by Gasteiger charge is 2.12. The van der Waals surface area contributed by atoms with E-state index in [-0.39, 0.29) is 5.91 Å². The molecule has 3 aromatic rings. The maximum atomic E-state index is 12.4. The predicted octanol–water partition coefficient (Wildman–Crippen LogP) is 1.81. The summed E-state index contributed by atoms with van der Waals surface area (Å²) in [5.41, 5.74) is 1.40. The van der Waals surface area contributed by atoms with Gasteiger partial charge < -0.3 is 9.64 Å². The molecule has 0 aliphatic rings. The van der Waals surface area contributed by atoms with Crippen LogP contribution in [0.4, 0.5) is 0 Å². The van der Waals surface area contributed by atoms with E-state index in [9.17, 15) is 4.79 Å². The molecule has 24 heavy (non-hydrogen) atoms. The molecule has 0 N–H and O–H groups in total. The number of amides is 1. The molecule has 0 aliphatic carbocycles. The summed E-state index contributed by atoms with van der Waals surface area (Å²) < 4.78 is 7.14. The Hall–Kier alpha value is -3.22. The molecule has 7 heteroatoms. The highest BCUT2D eigenvalue weighted by Crippen LogP contribution is 2.11. The second-order valence-corrected chi connectivity index (χ2v) is 5.19. The number of benzene rings is 2. The van der Waals surface area contributed by atoms with Gasteiger partial charge in [0.1, 0.15) is 18.7 Å². The van der Waals surface area contributed by atoms with Crippen molar-refractivity contribution >= 4 is 5.91 Å². The number of ether oxygens (including phenoxy) is 1. The lowest BCUT2D eigenvalue weighted by molar-refractivity contribution is 0.0774. The lowest BCUT2D eigenvalue weighted by Crippen LogP contribution is -2.30. The molecule has 122 valence electrons. The standard InChI is InChI=1S/C17H17N5O2/c1-21(11-12-24-16-5-3-2-4-6-16)17(23)14-7-9-15(10-8-14)22-13-18-19-20-22/h2-10,13H,11-12H2,1H3. The zero-order valence-electron chi connectivity index (χ0n) is 13.2. The monoisotopic (exact) mass is 323 g/mol. The van der Waals surface area contributed by atoms with E-state index in [0.29, 0.717) is 18.7 Å². The van der Waals surface area contributed by atoms with Gasteiger partial charge in [0.25, 0.3) is 5.91 Å². The van der Waals surface area contributed by atoms with Crippen molar-refractivity contribution in [2.75, 3.05) is 20.2 Å². The van der Waals surface area contributed by atoms with Crippen LogP contribution in [0.25, 0.3) is 5.69 Å². The Morgan fingerprint density at radius 2 is 1.88 bits per heavy atom. The summed E-state index contributed by atoms with van der Waals surface area (Å²) in [6.45, 7) is 0.942. The summed E-state index contributed by atoms with van der Waals surface area (Å²) >= 11 is 0. The maximum Gasteiger partial charge on any atom is 0.253 e. The molecule has 0 fully saturated rings. The molecule has 1 heterocycles. The zero-order valence-corrected chi connectivity index (χ0v) is 13.2. The van der Waals surface area contributed by atoms with Crippen molar-refractivity contribution in [3.8, 4) is 11.4 Å². The van der Waals surface area contributed by atoms with E-state index in [1.807, 2.05) is 30.3 Å². The summed E-state index contributed by atoms with van der Waals surface area (Å²) in [5, 5.41) is 11.0. The Labute approximate surface area is 139 Å². The van der Waals surface area contributed by atoms with Crippen molar-refractivity contribution in [2.45, 2.75) is 0 Å². The Balaban J connectivity index is 1.55. The van der Waals surface area contributed by atoms with Gasteiger partial charge in [0.05, 0.1) is 12.2 Å². The van der Waals surface area contributed by atoms with Crippen LogP contribution in [0.15, 0.2) is 60.9 Å². The minimum atomic E-state index is -0.0603. The van der Waals surface area contributed by atoms with Crippen LogP contribution >= 0.6 is 0 Å². The molecule has 0 radical (unpaired) electrons. The number of carbonyl (C=O) groups excluding carboxylic acids is 1. The molecule has 0 saturated carbocycles. The summed E-state index contributed by atoms with van der Waals surface area (Å²) in [4.78, 5) is 14.0. The van der Waals surface area contributed by atoms with E-state index in [2.05, 4.69) is 15.5 Å². The number of nitrogens with zero attached hydrogens (tertiary/aromatic N) is 5. The Kier molecular flexibility index (Phi) is 4.81. The maximum absolute atomic E-state index is 12.4. The van der Waals surface area contributed by atoms with Crippen molar-refractivity contribution in [1.82, 2.24) is 25.1 Å². The number of carbonyl (C=O) groups is 1. The van der Waals surface area contributed by atoms with E-state index in [1.165, 1.54) is 11.0 Å². The topological polar surface area (TPSA) is 73.1 Å². The largest absolute Gasteiger partial charge is 0.492 e. The van der Waals surface area contributed by atoms with E-state index in [0.717, 1.165) is 11.4 Å². The lowest BCUT2D eigenvalue weighted by atomic mass is 10.2. The summed E-state index contributed by atoms with van der Waals surface area (Å²) in [6.07, 6.45) is 1.50. The SMILES string of the molecule is CN(CCOc1ccccc1)C(=O)c1ccc(-n2cnnn2)cc1. The first-order valence-electron chi connectivity index (χ1n) is 7.51. The smallest absolute Gasteiger partial charge is 0.253 e. The van der Waals surface area contributed by atoms with Gasteiger partial charge in [-0.2, -0.15) is 0 Å². The Bertz CT molecular complexity index is 773. The number of likely N-dealkylation sites (N-methyl/N-ethyl adjacent to an activating group) is 1. The van der Waals surface area contributed by atoms with Crippen molar-refractivity contribution in [3.63, 3.8) is 0 Å². The molecule has 0 aliphatic heterocycles. The third-order valence-electron chi connectivity index (χ3n) is 3.51. The van der Waals surface area contributed by atoms with E-state index >= 15 is 0 Å². The first kappa shape index (κ1) is 15.7. The number of para-hydroxylation sites is 1. The fraction of sp³-hybridized carbons (Fsp3) is 0.176. The number of hydrogen-bond acceptors (Lipinski definition) is 5. The number of tetrazole rings is 1. The Morgan fingerprint density at radius 3 is 2.54 bits per heavy atom. The van der Waals surface area contributed by atoms with Crippen LogP contribution in [0.1, 0.15) is 10.4 Å². The predicted molar refractivity (Wildman–Crippen MR) is 88.1 cm³/mol. The zero-order chi connectivity index (χ0) is 16.8. The van der Waals surface area contributed by atoms with Gasteiger partial charge >= 0.3 is 0 Å². The molecular formula is C17H17N5O2. The van der Waals surface area contributed by atoms with E-state index in [1.54, 1.807) is 36.2 Å². The van der Waals surface area contributed by atoms with Gasteiger partial charge in [-0.3, -0.25) is 4.79 Å². The highest BCUT2D eigenvalue weighted by molar-refractivity contribution is 5.94. The second kappa shape index (κ2) is 7.36. The normalized spacial score (nSPS) is 10.4. The number of hydrogen-bond donors (Lipinski definition) is 0. The minimum Gasteiger partial charge on any atom is -0.492 e. The molecule has 3 rings (SSSR count). The minimum absolute atomic E-state index is 0.0603. The van der Waals surface area contributed by atoms with E-state index in [4.69, 9.17) is 4.74 Å². The molecule has 0 atom stereocenters. The molecule has 7 nitrogen and oxygen atoms in total. The third-order valence-corrected chi connectivity index (χ3v) is 3.51. The number of rotatable bonds is 6. The van der Waals surface area contributed by atoms with Crippen LogP contribution in [0, 0.1) is 0 Å².